The summed E-state index contributed by atoms with van der Waals surface area (Å²) < 4.78 is 18.6. The molecule has 0 aromatic heterocycles. The zero-order chi connectivity index (χ0) is 14.7. The molecule has 6 heteroatoms. The molecule has 20 heavy (non-hydrogen) atoms. The van der Waals surface area contributed by atoms with E-state index < -0.39 is 11.7 Å². The van der Waals surface area contributed by atoms with Gasteiger partial charge in [0, 0.05) is 11.6 Å². The molecule has 0 atom stereocenters. The fourth-order valence-electron chi connectivity index (χ4n) is 1.57. The van der Waals surface area contributed by atoms with Gasteiger partial charge in [-0.1, -0.05) is 11.6 Å². The van der Waals surface area contributed by atoms with Gasteiger partial charge in [-0.25, -0.2) is 4.39 Å². The van der Waals surface area contributed by atoms with E-state index in [0.29, 0.717) is 11.3 Å². The summed E-state index contributed by atoms with van der Waals surface area (Å²) in [6, 6.07) is 8.33. The number of carbonyl (C=O) groups is 1. The number of amides is 1. The number of carbonyl (C=O) groups excluding carboxylic acids is 1. The Hall–Kier alpha value is -2.27. The molecule has 0 saturated heterocycles. The van der Waals surface area contributed by atoms with Crippen LogP contribution in [0.1, 0.15) is 10.4 Å². The molecule has 0 aliphatic heterocycles. The standard InChI is InChI=1S/C14H11ClFNO3/c1-20-9-4-2-8(3-5-9)14(19)17-12-6-10(15)13(18)7-11(12)16/h2-7,18H,1H3,(H,17,19). The third-order valence-corrected chi connectivity index (χ3v) is 2.94. The lowest BCUT2D eigenvalue weighted by atomic mass is 10.2. The molecule has 0 unspecified atom stereocenters. The Bertz CT molecular complexity index is 644. The fraction of sp³-hybridized carbons (Fsp3) is 0.0714. The molecule has 0 aliphatic carbocycles. The number of halogens is 2. The van der Waals surface area contributed by atoms with Crippen molar-refractivity contribution in [3.8, 4) is 11.5 Å². The van der Waals surface area contributed by atoms with Crippen LogP contribution in [-0.4, -0.2) is 18.1 Å². The van der Waals surface area contributed by atoms with Crippen LogP contribution in [0.3, 0.4) is 0 Å². The largest absolute Gasteiger partial charge is 0.506 e. The minimum atomic E-state index is -0.770. The minimum Gasteiger partial charge on any atom is -0.506 e. The molecule has 0 spiro atoms. The first-order valence-corrected chi connectivity index (χ1v) is 6.02. The summed E-state index contributed by atoms with van der Waals surface area (Å²) >= 11 is 5.67. The van der Waals surface area contributed by atoms with Crippen LogP contribution in [0.5, 0.6) is 11.5 Å². The average molecular weight is 296 g/mol. The van der Waals surface area contributed by atoms with Gasteiger partial charge in [0.05, 0.1) is 17.8 Å². The molecule has 0 saturated carbocycles. The number of anilines is 1. The van der Waals surface area contributed by atoms with E-state index in [0.717, 1.165) is 12.1 Å². The smallest absolute Gasteiger partial charge is 0.255 e. The number of phenolic OH excluding ortho intramolecular Hbond substituents is 1. The molecule has 0 radical (unpaired) electrons. The summed E-state index contributed by atoms with van der Waals surface area (Å²) in [4.78, 5) is 11.9. The van der Waals surface area contributed by atoms with E-state index in [1.165, 1.54) is 7.11 Å². The van der Waals surface area contributed by atoms with Crippen molar-refractivity contribution in [2.45, 2.75) is 0 Å². The van der Waals surface area contributed by atoms with Gasteiger partial charge in [-0.2, -0.15) is 0 Å². The second kappa shape index (κ2) is 5.79. The van der Waals surface area contributed by atoms with Gasteiger partial charge in [0.15, 0.2) is 5.82 Å². The monoisotopic (exact) mass is 295 g/mol. The van der Waals surface area contributed by atoms with Gasteiger partial charge in [0.1, 0.15) is 11.5 Å². The van der Waals surface area contributed by atoms with Crippen molar-refractivity contribution in [3.05, 3.63) is 52.8 Å². The van der Waals surface area contributed by atoms with Gasteiger partial charge in [0.2, 0.25) is 0 Å². The SMILES string of the molecule is COc1ccc(C(=O)Nc2cc(Cl)c(O)cc2F)cc1. The van der Waals surface area contributed by atoms with Crippen molar-refractivity contribution in [3.63, 3.8) is 0 Å². The molecule has 0 bridgehead atoms. The summed E-state index contributed by atoms with van der Waals surface area (Å²) in [7, 11) is 1.52. The highest BCUT2D eigenvalue weighted by Gasteiger charge is 2.12. The molecule has 4 nitrogen and oxygen atoms in total. The molecular weight excluding hydrogens is 285 g/mol. The van der Waals surface area contributed by atoms with E-state index in [9.17, 15) is 14.3 Å². The molecule has 2 aromatic rings. The number of methoxy groups -OCH3 is 1. The number of ether oxygens (including phenoxy) is 1. The predicted molar refractivity (Wildman–Crippen MR) is 74.0 cm³/mol. The van der Waals surface area contributed by atoms with Crippen LogP contribution in [0.25, 0.3) is 0 Å². The maximum absolute atomic E-state index is 13.6. The third kappa shape index (κ3) is 3.00. The van der Waals surface area contributed by atoms with Crippen LogP contribution in [0.2, 0.25) is 5.02 Å². The number of rotatable bonds is 3. The summed E-state index contributed by atoms with van der Waals surface area (Å²) in [6.45, 7) is 0. The number of hydrogen-bond acceptors (Lipinski definition) is 3. The number of hydrogen-bond donors (Lipinski definition) is 2. The van der Waals surface area contributed by atoms with Crippen molar-refractivity contribution >= 4 is 23.2 Å². The average Bonchev–Trinajstić information content (AvgIpc) is 2.44. The Kier molecular flexibility index (Phi) is 4.10. The molecule has 2 rings (SSSR count). The zero-order valence-electron chi connectivity index (χ0n) is 10.5. The Morgan fingerprint density at radius 1 is 1.30 bits per heavy atom. The van der Waals surface area contributed by atoms with E-state index in [2.05, 4.69) is 5.32 Å². The number of benzene rings is 2. The van der Waals surface area contributed by atoms with Crippen LogP contribution >= 0.6 is 11.6 Å². The van der Waals surface area contributed by atoms with Crippen LogP contribution in [-0.2, 0) is 0 Å². The highest BCUT2D eigenvalue weighted by atomic mass is 35.5. The van der Waals surface area contributed by atoms with Gasteiger partial charge in [-0.05, 0) is 30.3 Å². The molecule has 2 aromatic carbocycles. The molecule has 0 heterocycles. The van der Waals surface area contributed by atoms with Crippen molar-refractivity contribution in [1.82, 2.24) is 0 Å². The number of nitrogens with one attached hydrogen (secondary N) is 1. The molecule has 2 N–H and O–H groups in total. The maximum atomic E-state index is 13.6. The van der Waals surface area contributed by atoms with Crippen molar-refractivity contribution in [2.75, 3.05) is 12.4 Å². The Balaban J connectivity index is 2.20. The lowest BCUT2D eigenvalue weighted by Crippen LogP contribution is -2.12. The highest BCUT2D eigenvalue weighted by molar-refractivity contribution is 6.32. The summed E-state index contributed by atoms with van der Waals surface area (Å²) in [5.41, 5.74) is 0.239. The zero-order valence-corrected chi connectivity index (χ0v) is 11.2. The van der Waals surface area contributed by atoms with Crippen LogP contribution in [0.4, 0.5) is 10.1 Å². The predicted octanol–water partition coefficient (Wildman–Crippen LogP) is 3.45. The summed E-state index contributed by atoms with van der Waals surface area (Å²) in [6.07, 6.45) is 0. The minimum absolute atomic E-state index is 0.0450. The quantitative estimate of drug-likeness (QED) is 0.853. The van der Waals surface area contributed by atoms with Gasteiger partial charge >= 0.3 is 0 Å². The number of aromatic hydroxyl groups is 1. The second-order valence-corrected chi connectivity index (χ2v) is 4.37. The second-order valence-electron chi connectivity index (χ2n) is 3.97. The van der Waals surface area contributed by atoms with Gasteiger partial charge < -0.3 is 15.2 Å². The van der Waals surface area contributed by atoms with E-state index in [-0.39, 0.29) is 16.5 Å². The lowest BCUT2D eigenvalue weighted by molar-refractivity contribution is 0.102. The van der Waals surface area contributed by atoms with E-state index >= 15 is 0 Å². The molecular formula is C14H11ClFNO3. The molecule has 1 amide bonds. The Labute approximate surface area is 119 Å². The third-order valence-electron chi connectivity index (χ3n) is 2.64. The van der Waals surface area contributed by atoms with Crippen molar-refractivity contribution < 1.29 is 19.0 Å². The molecule has 0 fully saturated rings. The van der Waals surface area contributed by atoms with Gasteiger partial charge in [-0.15, -0.1) is 0 Å². The first kappa shape index (κ1) is 14.1. The first-order valence-electron chi connectivity index (χ1n) is 5.64. The highest BCUT2D eigenvalue weighted by Crippen LogP contribution is 2.29. The van der Waals surface area contributed by atoms with Crippen LogP contribution < -0.4 is 10.1 Å². The molecule has 104 valence electrons. The Morgan fingerprint density at radius 2 is 1.95 bits per heavy atom. The first-order chi connectivity index (χ1) is 9.51. The normalized spacial score (nSPS) is 10.2. The van der Waals surface area contributed by atoms with E-state index in [1.807, 2.05) is 0 Å². The topological polar surface area (TPSA) is 58.6 Å². The van der Waals surface area contributed by atoms with E-state index in [1.54, 1.807) is 24.3 Å². The van der Waals surface area contributed by atoms with Gasteiger partial charge in [-0.3, -0.25) is 4.79 Å². The van der Waals surface area contributed by atoms with Crippen LogP contribution in [0.15, 0.2) is 36.4 Å². The van der Waals surface area contributed by atoms with Crippen LogP contribution in [0, 0.1) is 5.82 Å². The Morgan fingerprint density at radius 3 is 2.55 bits per heavy atom. The van der Waals surface area contributed by atoms with Crippen molar-refractivity contribution in [1.29, 1.82) is 0 Å². The number of phenols is 1. The summed E-state index contributed by atoms with van der Waals surface area (Å²) in [5.74, 6) is -1.03. The molecule has 0 aliphatic rings. The lowest BCUT2D eigenvalue weighted by Gasteiger charge is -2.08. The van der Waals surface area contributed by atoms with Gasteiger partial charge in [0.25, 0.3) is 5.91 Å². The summed E-state index contributed by atoms with van der Waals surface area (Å²) in [5, 5.41) is 11.6. The fourth-order valence-corrected chi connectivity index (χ4v) is 1.73. The van der Waals surface area contributed by atoms with Crippen molar-refractivity contribution in [2.24, 2.45) is 0 Å². The maximum Gasteiger partial charge on any atom is 0.255 e. The van der Waals surface area contributed by atoms with E-state index in [4.69, 9.17) is 16.3 Å².